The van der Waals surface area contributed by atoms with Gasteiger partial charge in [0.05, 0.1) is 11.3 Å². The zero-order valence-corrected chi connectivity index (χ0v) is 12.4. The summed E-state index contributed by atoms with van der Waals surface area (Å²) in [5.74, 6) is -0.666. The van der Waals surface area contributed by atoms with Crippen LogP contribution in [0.3, 0.4) is 0 Å². The quantitative estimate of drug-likeness (QED) is 0.508. The standard InChI is InChI=1S/C18H13N3O2/c1-11-5-4-6-12(9-11)16(22)14(10-19)17-20-15-8-3-2-7-13(15)18(23)21-17/h2-9,20H,1H3,(H,21,23)/b17-14+. The molecule has 0 fully saturated rings. The third-order valence-corrected chi connectivity index (χ3v) is 3.54. The molecular formula is C18H13N3O2. The second kappa shape index (κ2) is 5.78. The van der Waals surface area contributed by atoms with Crippen molar-refractivity contribution in [3.05, 3.63) is 76.6 Å². The second-order valence-corrected chi connectivity index (χ2v) is 5.19. The number of amides is 1. The summed E-state index contributed by atoms with van der Waals surface area (Å²) in [7, 11) is 0. The average molecular weight is 303 g/mol. The Kier molecular flexibility index (Phi) is 3.65. The molecule has 2 N–H and O–H groups in total. The highest BCUT2D eigenvalue weighted by atomic mass is 16.2. The second-order valence-electron chi connectivity index (χ2n) is 5.19. The number of hydrogen-bond donors (Lipinski definition) is 2. The van der Waals surface area contributed by atoms with Gasteiger partial charge in [-0.15, -0.1) is 0 Å². The van der Waals surface area contributed by atoms with Gasteiger partial charge in [0.15, 0.2) is 0 Å². The lowest BCUT2D eigenvalue weighted by Gasteiger charge is -2.22. The van der Waals surface area contributed by atoms with E-state index in [1.807, 2.05) is 19.1 Å². The van der Waals surface area contributed by atoms with Crippen molar-refractivity contribution in [1.29, 1.82) is 5.26 Å². The summed E-state index contributed by atoms with van der Waals surface area (Å²) in [5.41, 5.74) is 2.24. The number of carbonyl (C=O) groups excluding carboxylic acids is 2. The molecule has 1 aliphatic rings. The third kappa shape index (κ3) is 2.70. The summed E-state index contributed by atoms with van der Waals surface area (Å²) in [5, 5.41) is 14.9. The Morgan fingerprint density at radius 2 is 1.87 bits per heavy atom. The van der Waals surface area contributed by atoms with Crippen LogP contribution in [0.15, 0.2) is 59.9 Å². The van der Waals surface area contributed by atoms with Crippen LogP contribution in [0.1, 0.15) is 26.3 Å². The SMILES string of the molecule is Cc1cccc(C(=O)/C(C#N)=C2/NC(=O)c3ccccc3N2)c1. The van der Waals surface area contributed by atoms with Gasteiger partial charge in [0, 0.05) is 5.56 Å². The van der Waals surface area contributed by atoms with E-state index in [1.54, 1.807) is 42.5 Å². The van der Waals surface area contributed by atoms with E-state index >= 15 is 0 Å². The molecule has 0 aliphatic carbocycles. The van der Waals surface area contributed by atoms with E-state index in [0.717, 1.165) is 5.56 Å². The Labute approximate surface area is 133 Å². The van der Waals surface area contributed by atoms with Crippen LogP contribution in [-0.2, 0) is 0 Å². The van der Waals surface area contributed by atoms with E-state index in [1.165, 1.54) is 0 Å². The van der Waals surface area contributed by atoms with Gasteiger partial charge in [0.25, 0.3) is 5.91 Å². The van der Waals surface area contributed by atoms with Crippen molar-refractivity contribution < 1.29 is 9.59 Å². The van der Waals surface area contributed by atoms with Crippen molar-refractivity contribution in [2.24, 2.45) is 0 Å². The third-order valence-electron chi connectivity index (χ3n) is 3.54. The first kappa shape index (κ1) is 14.5. The maximum Gasteiger partial charge on any atom is 0.258 e. The van der Waals surface area contributed by atoms with Gasteiger partial charge in [-0.3, -0.25) is 9.59 Å². The molecule has 1 amide bonds. The zero-order valence-electron chi connectivity index (χ0n) is 12.4. The molecule has 1 heterocycles. The smallest absolute Gasteiger partial charge is 0.258 e. The van der Waals surface area contributed by atoms with E-state index in [0.29, 0.717) is 16.8 Å². The molecule has 5 nitrogen and oxygen atoms in total. The fraction of sp³-hybridized carbons (Fsp3) is 0.0556. The predicted octanol–water partition coefficient (Wildman–Crippen LogP) is 2.77. The maximum atomic E-state index is 12.6. The first-order valence-electron chi connectivity index (χ1n) is 7.03. The number of nitriles is 1. The lowest BCUT2D eigenvalue weighted by Crippen LogP contribution is -2.34. The molecule has 0 bridgehead atoms. The van der Waals surface area contributed by atoms with Crippen LogP contribution in [0, 0.1) is 18.3 Å². The number of Topliss-reactive ketones (excluding diaryl/α,β-unsaturated/α-hetero) is 1. The predicted molar refractivity (Wildman–Crippen MR) is 85.7 cm³/mol. The number of hydrogen-bond acceptors (Lipinski definition) is 4. The summed E-state index contributed by atoms with van der Waals surface area (Å²) in [6, 6.07) is 15.8. The highest BCUT2D eigenvalue weighted by Gasteiger charge is 2.25. The number of carbonyl (C=O) groups is 2. The highest BCUT2D eigenvalue weighted by molar-refractivity contribution is 6.13. The number of anilines is 1. The van der Waals surface area contributed by atoms with Gasteiger partial charge in [-0.05, 0) is 25.1 Å². The minimum Gasteiger partial charge on any atom is -0.340 e. The van der Waals surface area contributed by atoms with Crippen LogP contribution in [-0.4, -0.2) is 11.7 Å². The van der Waals surface area contributed by atoms with Crippen LogP contribution >= 0.6 is 0 Å². The van der Waals surface area contributed by atoms with Gasteiger partial charge >= 0.3 is 0 Å². The number of rotatable bonds is 2. The summed E-state index contributed by atoms with van der Waals surface area (Å²) in [6.45, 7) is 1.87. The minimum atomic E-state index is -0.432. The van der Waals surface area contributed by atoms with Crippen LogP contribution in [0.2, 0.25) is 0 Å². The fourth-order valence-corrected chi connectivity index (χ4v) is 2.41. The van der Waals surface area contributed by atoms with Crippen molar-refractivity contribution in [2.75, 3.05) is 5.32 Å². The van der Waals surface area contributed by atoms with Gasteiger partial charge < -0.3 is 10.6 Å². The molecule has 2 aromatic carbocycles. The van der Waals surface area contributed by atoms with Crippen molar-refractivity contribution >= 4 is 17.4 Å². The Morgan fingerprint density at radius 3 is 2.61 bits per heavy atom. The molecule has 0 unspecified atom stereocenters. The fourth-order valence-electron chi connectivity index (χ4n) is 2.41. The van der Waals surface area contributed by atoms with Gasteiger partial charge in [-0.1, -0.05) is 35.9 Å². The van der Waals surface area contributed by atoms with Gasteiger partial charge in [-0.2, -0.15) is 5.26 Å². The van der Waals surface area contributed by atoms with Crippen molar-refractivity contribution in [2.45, 2.75) is 6.92 Å². The molecule has 5 heteroatoms. The topological polar surface area (TPSA) is 82.0 Å². The monoisotopic (exact) mass is 303 g/mol. The Bertz CT molecular complexity index is 891. The molecular weight excluding hydrogens is 290 g/mol. The van der Waals surface area contributed by atoms with E-state index in [-0.39, 0.29) is 17.3 Å². The molecule has 112 valence electrons. The number of para-hydroxylation sites is 1. The van der Waals surface area contributed by atoms with Crippen molar-refractivity contribution in [3.8, 4) is 6.07 Å². The molecule has 1 aliphatic heterocycles. The van der Waals surface area contributed by atoms with E-state index in [4.69, 9.17) is 0 Å². The van der Waals surface area contributed by atoms with Gasteiger partial charge in [0.1, 0.15) is 17.5 Å². The molecule has 3 rings (SSSR count). The van der Waals surface area contributed by atoms with Crippen LogP contribution in [0.5, 0.6) is 0 Å². The van der Waals surface area contributed by atoms with E-state index in [2.05, 4.69) is 10.6 Å². The number of nitrogens with one attached hydrogen (secondary N) is 2. The van der Waals surface area contributed by atoms with Gasteiger partial charge in [0.2, 0.25) is 5.78 Å². The molecule has 0 radical (unpaired) electrons. The number of aryl methyl sites for hydroxylation is 1. The molecule has 0 aromatic heterocycles. The molecule has 0 saturated carbocycles. The minimum absolute atomic E-state index is 0.114. The summed E-state index contributed by atoms with van der Waals surface area (Å²) < 4.78 is 0. The van der Waals surface area contributed by atoms with Crippen LogP contribution in [0.25, 0.3) is 0 Å². The summed E-state index contributed by atoms with van der Waals surface area (Å²) in [4.78, 5) is 24.7. The summed E-state index contributed by atoms with van der Waals surface area (Å²) in [6.07, 6.45) is 0. The number of benzene rings is 2. The summed E-state index contributed by atoms with van der Waals surface area (Å²) >= 11 is 0. The van der Waals surface area contributed by atoms with Gasteiger partial charge in [-0.25, -0.2) is 0 Å². The van der Waals surface area contributed by atoms with Crippen molar-refractivity contribution in [1.82, 2.24) is 5.32 Å². The first-order chi connectivity index (χ1) is 11.1. The Morgan fingerprint density at radius 1 is 1.09 bits per heavy atom. The lowest BCUT2D eigenvalue weighted by atomic mass is 10.0. The number of nitrogens with zero attached hydrogens (tertiary/aromatic N) is 1. The zero-order chi connectivity index (χ0) is 16.4. The highest BCUT2D eigenvalue weighted by Crippen LogP contribution is 2.23. The van der Waals surface area contributed by atoms with Crippen LogP contribution < -0.4 is 10.6 Å². The van der Waals surface area contributed by atoms with Crippen LogP contribution in [0.4, 0.5) is 5.69 Å². The average Bonchev–Trinajstić information content (AvgIpc) is 2.55. The van der Waals surface area contributed by atoms with E-state index < -0.39 is 5.78 Å². The lowest BCUT2D eigenvalue weighted by molar-refractivity contribution is 0.0963. The van der Waals surface area contributed by atoms with Crippen molar-refractivity contribution in [3.63, 3.8) is 0 Å². The Balaban J connectivity index is 2.04. The number of allylic oxidation sites excluding steroid dienone is 1. The Hall–Kier alpha value is -3.39. The number of fused-ring (bicyclic) bond motifs is 1. The number of ketones is 1. The molecule has 0 spiro atoms. The molecule has 23 heavy (non-hydrogen) atoms. The maximum absolute atomic E-state index is 12.6. The normalized spacial score (nSPS) is 14.9. The first-order valence-corrected chi connectivity index (χ1v) is 7.03. The largest absolute Gasteiger partial charge is 0.340 e. The molecule has 2 aromatic rings. The van der Waals surface area contributed by atoms with E-state index in [9.17, 15) is 14.9 Å². The molecule has 0 atom stereocenters. The molecule has 0 saturated heterocycles.